The predicted molar refractivity (Wildman–Crippen MR) is 69.7 cm³/mol. The van der Waals surface area contributed by atoms with Crippen molar-refractivity contribution < 1.29 is 4.79 Å². The fraction of sp³-hybridized carbons (Fsp3) is 0.929. The van der Waals surface area contributed by atoms with Crippen LogP contribution in [-0.2, 0) is 4.79 Å². The van der Waals surface area contributed by atoms with Crippen molar-refractivity contribution in [2.24, 2.45) is 17.8 Å². The maximum absolute atomic E-state index is 11.7. The number of likely N-dealkylation sites (N-methyl/N-ethyl adjacent to an activating group) is 1. The third-order valence-corrected chi connectivity index (χ3v) is 4.69. The average Bonchev–Trinajstić information content (AvgIpc) is 2.90. The lowest BCUT2D eigenvalue weighted by Gasteiger charge is -2.30. The molecular formula is C14H26N2O. The summed E-state index contributed by atoms with van der Waals surface area (Å²) in [7, 11) is 0. The Morgan fingerprint density at radius 2 is 2.06 bits per heavy atom. The SMILES string of the molecule is CCNC(=O)C(C)NC(C)C1C[C@@H]2CC[C@H]1C2. The Morgan fingerprint density at radius 3 is 2.59 bits per heavy atom. The second kappa shape index (κ2) is 5.38. The molecule has 17 heavy (non-hydrogen) atoms. The van der Waals surface area contributed by atoms with Crippen molar-refractivity contribution in [2.45, 2.75) is 58.5 Å². The van der Waals surface area contributed by atoms with Crippen LogP contribution in [0.25, 0.3) is 0 Å². The quantitative estimate of drug-likeness (QED) is 0.768. The first kappa shape index (κ1) is 12.9. The number of rotatable bonds is 5. The van der Waals surface area contributed by atoms with Crippen molar-refractivity contribution in [1.29, 1.82) is 0 Å². The minimum Gasteiger partial charge on any atom is -0.355 e. The lowest BCUT2D eigenvalue weighted by atomic mass is 9.84. The topological polar surface area (TPSA) is 41.1 Å². The van der Waals surface area contributed by atoms with Gasteiger partial charge in [-0.25, -0.2) is 0 Å². The smallest absolute Gasteiger partial charge is 0.236 e. The van der Waals surface area contributed by atoms with Crippen molar-refractivity contribution in [3.05, 3.63) is 0 Å². The summed E-state index contributed by atoms with van der Waals surface area (Å²) in [5, 5.41) is 6.35. The van der Waals surface area contributed by atoms with Gasteiger partial charge in [0, 0.05) is 12.6 Å². The van der Waals surface area contributed by atoms with Crippen LogP contribution >= 0.6 is 0 Å². The fourth-order valence-electron chi connectivity index (χ4n) is 3.83. The van der Waals surface area contributed by atoms with Crippen LogP contribution < -0.4 is 10.6 Å². The lowest BCUT2D eigenvalue weighted by Crippen LogP contribution is -2.48. The van der Waals surface area contributed by atoms with E-state index in [1.807, 2.05) is 13.8 Å². The van der Waals surface area contributed by atoms with Crippen molar-refractivity contribution in [3.63, 3.8) is 0 Å². The molecule has 0 saturated heterocycles. The molecule has 2 N–H and O–H groups in total. The Balaban J connectivity index is 1.80. The van der Waals surface area contributed by atoms with Crippen LogP contribution in [0.15, 0.2) is 0 Å². The molecule has 2 aliphatic rings. The van der Waals surface area contributed by atoms with Crippen molar-refractivity contribution in [1.82, 2.24) is 10.6 Å². The van der Waals surface area contributed by atoms with Crippen LogP contribution in [0.2, 0.25) is 0 Å². The highest BCUT2D eigenvalue weighted by molar-refractivity contribution is 5.81. The number of carbonyl (C=O) groups excluding carboxylic acids is 1. The molecule has 2 aliphatic carbocycles. The summed E-state index contributed by atoms with van der Waals surface area (Å²) in [5.74, 6) is 2.83. The van der Waals surface area contributed by atoms with E-state index in [2.05, 4.69) is 17.6 Å². The highest BCUT2D eigenvalue weighted by Gasteiger charge is 2.42. The van der Waals surface area contributed by atoms with Gasteiger partial charge in [-0.1, -0.05) is 6.42 Å². The van der Waals surface area contributed by atoms with Gasteiger partial charge in [-0.3, -0.25) is 4.79 Å². The maximum atomic E-state index is 11.7. The Hall–Kier alpha value is -0.570. The first-order valence-electron chi connectivity index (χ1n) is 7.15. The lowest BCUT2D eigenvalue weighted by molar-refractivity contribution is -0.122. The highest BCUT2D eigenvalue weighted by atomic mass is 16.2. The molecule has 0 aromatic heterocycles. The van der Waals surface area contributed by atoms with Crippen LogP contribution in [0, 0.1) is 17.8 Å². The van der Waals surface area contributed by atoms with Crippen molar-refractivity contribution in [2.75, 3.05) is 6.54 Å². The summed E-state index contributed by atoms with van der Waals surface area (Å²) in [6.07, 6.45) is 5.67. The van der Waals surface area contributed by atoms with Crippen LogP contribution in [-0.4, -0.2) is 24.5 Å². The Morgan fingerprint density at radius 1 is 1.29 bits per heavy atom. The van der Waals surface area contributed by atoms with Crippen LogP contribution in [0.4, 0.5) is 0 Å². The van der Waals surface area contributed by atoms with E-state index in [1.54, 1.807) is 0 Å². The van der Waals surface area contributed by atoms with Crippen LogP contribution in [0.3, 0.4) is 0 Å². The second-order valence-electron chi connectivity index (χ2n) is 5.91. The van der Waals surface area contributed by atoms with E-state index in [4.69, 9.17) is 0 Å². The molecule has 5 atom stereocenters. The van der Waals surface area contributed by atoms with Gasteiger partial charge in [0.1, 0.15) is 0 Å². The normalized spacial score (nSPS) is 34.6. The van der Waals surface area contributed by atoms with Gasteiger partial charge >= 0.3 is 0 Å². The average molecular weight is 238 g/mol. The van der Waals surface area contributed by atoms with E-state index < -0.39 is 0 Å². The molecule has 98 valence electrons. The molecular weight excluding hydrogens is 212 g/mol. The molecule has 3 unspecified atom stereocenters. The first-order chi connectivity index (χ1) is 8.11. The molecule has 2 saturated carbocycles. The molecule has 3 heteroatoms. The summed E-state index contributed by atoms with van der Waals surface area (Å²) in [6.45, 7) is 6.90. The van der Waals surface area contributed by atoms with Crippen LogP contribution in [0.1, 0.15) is 46.5 Å². The monoisotopic (exact) mass is 238 g/mol. The minimum atomic E-state index is -0.0657. The Kier molecular flexibility index (Phi) is 4.08. The van der Waals surface area contributed by atoms with Crippen molar-refractivity contribution in [3.8, 4) is 0 Å². The Labute approximate surface area is 105 Å². The van der Waals surface area contributed by atoms with E-state index in [0.717, 1.165) is 17.8 Å². The molecule has 0 aromatic rings. The molecule has 0 heterocycles. The first-order valence-corrected chi connectivity index (χ1v) is 7.15. The molecule has 0 spiro atoms. The number of hydrogen-bond acceptors (Lipinski definition) is 2. The van der Waals surface area contributed by atoms with Gasteiger partial charge in [0.2, 0.25) is 5.91 Å². The molecule has 0 aliphatic heterocycles. The van der Waals surface area contributed by atoms with E-state index in [0.29, 0.717) is 12.6 Å². The van der Waals surface area contributed by atoms with E-state index >= 15 is 0 Å². The van der Waals surface area contributed by atoms with E-state index in [-0.39, 0.29) is 11.9 Å². The minimum absolute atomic E-state index is 0.0657. The van der Waals surface area contributed by atoms with Crippen molar-refractivity contribution >= 4 is 5.91 Å². The van der Waals surface area contributed by atoms with E-state index in [1.165, 1.54) is 25.7 Å². The summed E-state index contributed by atoms with van der Waals surface area (Å²) < 4.78 is 0. The zero-order chi connectivity index (χ0) is 12.4. The zero-order valence-corrected chi connectivity index (χ0v) is 11.3. The largest absolute Gasteiger partial charge is 0.355 e. The molecule has 3 nitrogen and oxygen atoms in total. The van der Waals surface area contributed by atoms with Gasteiger partial charge in [-0.05, 0) is 57.8 Å². The molecule has 0 radical (unpaired) electrons. The number of nitrogens with one attached hydrogen (secondary N) is 2. The molecule has 1 amide bonds. The molecule has 2 rings (SSSR count). The Bertz CT molecular complexity index is 279. The highest BCUT2D eigenvalue weighted by Crippen LogP contribution is 2.49. The second-order valence-corrected chi connectivity index (χ2v) is 5.91. The van der Waals surface area contributed by atoms with Gasteiger partial charge in [0.05, 0.1) is 6.04 Å². The number of fused-ring (bicyclic) bond motifs is 2. The number of carbonyl (C=O) groups is 1. The summed E-state index contributed by atoms with van der Waals surface area (Å²) in [5.41, 5.74) is 0. The summed E-state index contributed by atoms with van der Waals surface area (Å²) in [6, 6.07) is 0.409. The molecule has 0 aromatic carbocycles. The van der Waals surface area contributed by atoms with Gasteiger partial charge < -0.3 is 10.6 Å². The number of hydrogen-bond donors (Lipinski definition) is 2. The van der Waals surface area contributed by atoms with Gasteiger partial charge in [0.25, 0.3) is 0 Å². The number of amides is 1. The summed E-state index contributed by atoms with van der Waals surface area (Å²) >= 11 is 0. The standard InChI is InChI=1S/C14H26N2O/c1-4-15-14(17)10(3)16-9(2)13-8-11-5-6-12(13)7-11/h9-13,16H,4-8H2,1-3H3,(H,15,17)/t9?,10?,11-,12+,13?/m1/s1. The summed E-state index contributed by atoms with van der Waals surface area (Å²) in [4.78, 5) is 11.7. The molecule has 2 bridgehead atoms. The zero-order valence-electron chi connectivity index (χ0n) is 11.3. The van der Waals surface area contributed by atoms with Gasteiger partial charge in [0.15, 0.2) is 0 Å². The van der Waals surface area contributed by atoms with Gasteiger partial charge in [-0.15, -0.1) is 0 Å². The van der Waals surface area contributed by atoms with Gasteiger partial charge in [-0.2, -0.15) is 0 Å². The van der Waals surface area contributed by atoms with Crippen LogP contribution in [0.5, 0.6) is 0 Å². The molecule has 2 fully saturated rings. The maximum Gasteiger partial charge on any atom is 0.236 e. The van der Waals surface area contributed by atoms with E-state index in [9.17, 15) is 4.79 Å². The predicted octanol–water partition coefficient (Wildman–Crippen LogP) is 1.93. The third kappa shape index (κ3) is 2.82. The fourth-order valence-corrected chi connectivity index (χ4v) is 3.83. The third-order valence-electron chi connectivity index (χ3n) is 4.69.